The summed E-state index contributed by atoms with van der Waals surface area (Å²) in [4.78, 5) is 43.0. The van der Waals surface area contributed by atoms with Crippen LogP contribution in [0.1, 0.15) is 52.5 Å². The van der Waals surface area contributed by atoms with Gasteiger partial charge in [0.1, 0.15) is 24.7 Å². The quantitative estimate of drug-likeness (QED) is 0.150. The van der Waals surface area contributed by atoms with Gasteiger partial charge in [-0.05, 0) is 36.7 Å². The van der Waals surface area contributed by atoms with E-state index in [4.69, 9.17) is 32.2 Å². The lowest BCUT2D eigenvalue weighted by Crippen LogP contribution is -2.47. The van der Waals surface area contributed by atoms with Crippen LogP contribution in [0.3, 0.4) is 0 Å². The van der Waals surface area contributed by atoms with Crippen LogP contribution in [0.2, 0.25) is 0 Å². The minimum atomic E-state index is -1.23. The number of rotatable bonds is 14. The molecule has 0 aliphatic rings. The molecular weight excluding hydrogens is 520 g/mol. The SMILES string of the molecule is CC(C)C[C@H](N)C(=O)O.CC(C)C[C@H](N)C(=O)OC(CC(=O)[O-])C[N+](C)(C)C.N[C@@H](Cc1ccccc1)C(=O)O. The summed E-state index contributed by atoms with van der Waals surface area (Å²) in [5.74, 6) is -3.02. The van der Waals surface area contributed by atoms with Gasteiger partial charge in [-0.1, -0.05) is 58.0 Å². The lowest BCUT2D eigenvalue weighted by atomic mass is 10.0. The first-order valence-electron chi connectivity index (χ1n) is 13.2. The Labute approximate surface area is 238 Å². The number of carbonyl (C=O) groups excluding carboxylic acids is 2. The van der Waals surface area contributed by atoms with Crippen molar-refractivity contribution in [1.82, 2.24) is 0 Å². The Balaban J connectivity index is 0. The van der Waals surface area contributed by atoms with Gasteiger partial charge in [0, 0.05) is 12.4 Å². The Morgan fingerprint density at radius 2 is 1.27 bits per heavy atom. The van der Waals surface area contributed by atoms with Gasteiger partial charge in [0.2, 0.25) is 0 Å². The number of carboxylic acid groups (broad SMARTS) is 3. The van der Waals surface area contributed by atoms with Gasteiger partial charge in [-0.15, -0.1) is 0 Å². The summed E-state index contributed by atoms with van der Waals surface area (Å²) in [5, 5.41) is 27.5. The molecule has 1 aromatic carbocycles. The number of likely N-dealkylation sites (N-methyl/N-ethyl adjacent to an activating group) is 1. The number of nitrogens with two attached hydrogens (primary N) is 3. The smallest absolute Gasteiger partial charge is 0.323 e. The van der Waals surface area contributed by atoms with Gasteiger partial charge in [0.25, 0.3) is 0 Å². The van der Waals surface area contributed by atoms with Crippen molar-refractivity contribution in [2.45, 2.75) is 77.6 Å². The summed E-state index contributed by atoms with van der Waals surface area (Å²) in [5.41, 5.74) is 17.2. The van der Waals surface area contributed by atoms with E-state index in [1.165, 1.54) is 0 Å². The van der Waals surface area contributed by atoms with Gasteiger partial charge in [-0.3, -0.25) is 14.4 Å². The molecule has 0 radical (unpaired) electrons. The Morgan fingerprint density at radius 1 is 0.825 bits per heavy atom. The lowest BCUT2D eigenvalue weighted by molar-refractivity contribution is -0.873. The third-order valence-electron chi connectivity index (χ3n) is 5.11. The fourth-order valence-electron chi connectivity index (χ4n) is 3.36. The van der Waals surface area contributed by atoms with Crippen molar-refractivity contribution >= 4 is 23.9 Å². The van der Waals surface area contributed by atoms with Crippen LogP contribution in [0, 0.1) is 11.8 Å². The van der Waals surface area contributed by atoms with Gasteiger partial charge < -0.3 is 46.5 Å². The molecule has 0 spiro atoms. The largest absolute Gasteiger partial charge is 0.550 e. The van der Waals surface area contributed by atoms with Crippen molar-refractivity contribution in [2.24, 2.45) is 29.0 Å². The van der Waals surface area contributed by atoms with Gasteiger partial charge >= 0.3 is 17.9 Å². The number of hydrogen-bond donors (Lipinski definition) is 5. The highest BCUT2D eigenvalue weighted by atomic mass is 16.5. The molecule has 1 aromatic rings. The van der Waals surface area contributed by atoms with Gasteiger partial charge in [0.05, 0.1) is 21.1 Å². The third kappa shape index (κ3) is 22.9. The third-order valence-corrected chi connectivity index (χ3v) is 5.11. The molecule has 1 unspecified atom stereocenters. The highest BCUT2D eigenvalue weighted by Gasteiger charge is 2.25. The van der Waals surface area contributed by atoms with E-state index in [0.717, 1.165) is 5.56 Å². The number of esters is 1. The van der Waals surface area contributed by atoms with E-state index in [-0.39, 0.29) is 12.3 Å². The Kier molecular flexibility index (Phi) is 19.5. The second kappa shape index (κ2) is 19.9. The molecule has 0 aromatic heterocycles. The molecule has 8 N–H and O–H groups in total. The molecule has 0 aliphatic carbocycles. The first-order chi connectivity index (χ1) is 18.2. The fraction of sp³-hybridized carbons (Fsp3) is 0.643. The summed E-state index contributed by atoms with van der Waals surface area (Å²) >= 11 is 0. The molecule has 0 bridgehead atoms. The van der Waals surface area contributed by atoms with Gasteiger partial charge in [-0.25, -0.2) is 0 Å². The molecule has 0 fully saturated rings. The van der Waals surface area contributed by atoms with Crippen molar-refractivity contribution < 1.29 is 43.7 Å². The zero-order valence-electron chi connectivity index (χ0n) is 24.9. The minimum absolute atomic E-state index is 0.278. The van der Waals surface area contributed by atoms with E-state index >= 15 is 0 Å². The van der Waals surface area contributed by atoms with E-state index in [1.807, 2.05) is 79.2 Å². The van der Waals surface area contributed by atoms with Crippen LogP contribution < -0.4 is 22.3 Å². The van der Waals surface area contributed by atoms with Gasteiger partial charge in [0.15, 0.2) is 6.10 Å². The maximum absolute atomic E-state index is 11.8. The second-order valence-electron chi connectivity index (χ2n) is 11.6. The highest BCUT2D eigenvalue weighted by molar-refractivity contribution is 5.76. The van der Waals surface area contributed by atoms with E-state index in [9.17, 15) is 24.3 Å². The van der Waals surface area contributed by atoms with Crippen LogP contribution >= 0.6 is 0 Å². The Bertz CT molecular complexity index is 888. The average Bonchev–Trinajstić information content (AvgIpc) is 2.78. The predicted octanol–water partition coefficient (Wildman–Crippen LogP) is 0.203. The van der Waals surface area contributed by atoms with E-state index in [1.54, 1.807) is 0 Å². The Morgan fingerprint density at radius 3 is 1.62 bits per heavy atom. The zero-order chi connectivity index (χ0) is 31.6. The molecule has 0 heterocycles. The lowest BCUT2D eigenvalue weighted by Gasteiger charge is -2.29. The van der Waals surface area contributed by atoms with Crippen LogP contribution in [-0.2, 0) is 30.3 Å². The average molecular weight is 571 g/mol. The second-order valence-corrected chi connectivity index (χ2v) is 11.6. The van der Waals surface area contributed by atoms with E-state index in [0.29, 0.717) is 36.2 Å². The summed E-state index contributed by atoms with van der Waals surface area (Å²) < 4.78 is 5.69. The summed E-state index contributed by atoms with van der Waals surface area (Å²) in [6, 6.07) is 7.14. The number of aliphatic carboxylic acids is 3. The van der Waals surface area contributed by atoms with Crippen LogP contribution in [0.25, 0.3) is 0 Å². The standard InChI is InChI=1S/C13H26N2O4.C9H11NO2.C6H13NO2/c1-9(2)6-11(14)13(18)19-10(7-12(16)17)8-15(3,4)5;10-8(9(11)12)6-7-4-2-1-3-5-7;1-4(2)3-5(7)6(8)9/h9-11H,6-8,14H2,1-5H3;1-5,8H,6,10H2,(H,11,12);4-5H,3,7H2,1-2H3,(H,8,9)/t10?,11-;8-;5-/m000/s1. The molecule has 0 aliphatic heterocycles. The molecule has 0 amide bonds. The zero-order valence-corrected chi connectivity index (χ0v) is 24.9. The molecule has 0 saturated heterocycles. The van der Waals surface area contributed by atoms with Crippen LogP contribution in [-0.4, -0.2) is 90.5 Å². The van der Waals surface area contributed by atoms with E-state index < -0.39 is 48.1 Å². The van der Waals surface area contributed by atoms with Crippen molar-refractivity contribution in [3.8, 4) is 0 Å². The van der Waals surface area contributed by atoms with Crippen molar-refractivity contribution in [3.63, 3.8) is 0 Å². The molecule has 0 saturated carbocycles. The number of ether oxygens (including phenoxy) is 1. The monoisotopic (exact) mass is 570 g/mol. The number of hydrogen-bond acceptors (Lipinski definition) is 9. The first-order valence-corrected chi connectivity index (χ1v) is 13.2. The van der Waals surface area contributed by atoms with Crippen LogP contribution in [0.5, 0.6) is 0 Å². The molecule has 40 heavy (non-hydrogen) atoms. The summed E-state index contributed by atoms with van der Waals surface area (Å²) in [6.07, 6.45) is 0.429. The first kappa shape index (κ1) is 39.1. The molecular formula is C28H50N4O8. The normalized spacial score (nSPS) is 14.0. The predicted molar refractivity (Wildman–Crippen MR) is 151 cm³/mol. The number of quaternary nitrogens is 1. The van der Waals surface area contributed by atoms with Crippen molar-refractivity contribution in [1.29, 1.82) is 0 Å². The molecule has 4 atom stereocenters. The van der Waals surface area contributed by atoms with Crippen LogP contribution in [0.15, 0.2) is 30.3 Å². The van der Waals surface area contributed by atoms with Crippen LogP contribution in [0.4, 0.5) is 0 Å². The molecule has 1 rings (SSSR count). The molecule has 230 valence electrons. The van der Waals surface area contributed by atoms with Crippen molar-refractivity contribution in [2.75, 3.05) is 27.7 Å². The topological polar surface area (TPSA) is 219 Å². The summed E-state index contributed by atoms with van der Waals surface area (Å²) in [7, 11) is 5.68. The summed E-state index contributed by atoms with van der Waals surface area (Å²) in [6.45, 7) is 8.20. The number of benzene rings is 1. The maximum Gasteiger partial charge on any atom is 0.323 e. The van der Waals surface area contributed by atoms with Crippen molar-refractivity contribution in [3.05, 3.63) is 35.9 Å². The molecule has 12 nitrogen and oxygen atoms in total. The maximum atomic E-state index is 11.8. The Hall–Kier alpha value is -3.06. The highest BCUT2D eigenvalue weighted by Crippen LogP contribution is 2.09. The fourth-order valence-corrected chi connectivity index (χ4v) is 3.36. The van der Waals surface area contributed by atoms with Gasteiger partial charge in [-0.2, -0.15) is 0 Å². The molecule has 12 heteroatoms. The number of nitrogens with zero attached hydrogens (tertiary/aromatic N) is 1. The number of carboxylic acids is 3. The number of carbonyl (C=O) groups is 4. The van der Waals surface area contributed by atoms with E-state index in [2.05, 4.69) is 0 Å². The minimum Gasteiger partial charge on any atom is -0.550 e.